The van der Waals surface area contributed by atoms with E-state index in [4.69, 9.17) is 9.72 Å². The summed E-state index contributed by atoms with van der Waals surface area (Å²) in [4.78, 5) is 4.74. The molecular weight excluding hydrogens is 292 g/mol. The number of hydrogen-bond donors (Lipinski definition) is 1. The molecule has 0 saturated carbocycles. The Morgan fingerprint density at radius 1 is 1.18 bits per heavy atom. The van der Waals surface area contributed by atoms with Gasteiger partial charge in [0.25, 0.3) is 0 Å². The van der Waals surface area contributed by atoms with Crippen LogP contribution in [0, 0.1) is 0 Å². The molecule has 1 N–H and O–H groups in total. The average Bonchev–Trinajstić information content (AvgIpc) is 2.97. The number of rotatable bonds is 6. The van der Waals surface area contributed by atoms with Crippen molar-refractivity contribution in [3.05, 3.63) is 53.6 Å². The van der Waals surface area contributed by atoms with E-state index in [1.807, 2.05) is 6.07 Å². The molecule has 1 aromatic heterocycles. The van der Waals surface area contributed by atoms with Crippen molar-refractivity contribution in [3.63, 3.8) is 0 Å². The van der Waals surface area contributed by atoms with E-state index in [1.165, 1.54) is 15.8 Å². The molecule has 4 heteroatoms. The minimum atomic E-state index is 0.891. The highest BCUT2D eigenvalue weighted by atomic mass is 32.1. The van der Waals surface area contributed by atoms with Crippen LogP contribution < -0.4 is 10.1 Å². The maximum absolute atomic E-state index is 5.37. The minimum Gasteiger partial charge on any atom is -0.497 e. The third kappa shape index (κ3) is 3.22. The van der Waals surface area contributed by atoms with E-state index >= 15 is 0 Å². The van der Waals surface area contributed by atoms with Gasteiger partial charge in [-0.1, -0.05) is 48.6 Å². The van der Waals surface area contributed by atoms with Gasteiger partial charge >= 0.3 is 0 Å². The van der Waals surface area contributed by atoms with Gasteiger partial charge in [0, 0.05) is 6.54 Å². The molecule has 0 fully saturated rings. The molecule has 0 unspecified atom stereocenters. The lowest BCUT2D eigenvalue weighted by Gasteiger charge is -2.03. The fraction of sp³-hybridized carbons (Fsp3) is 0.278. The van der Waals surface area contributed by atoms with Gasteiger partial charge in [0.1, 0.15) is 5.75 Å². The summed E-state index contributed by atoms with van der Waals surface area (Å²) in [5.74, 6) is 0.906. The van der Waals surface area contributed by atoms with Crippen molar-refractivity contribution in [2.24, 2.45) is 0 Å². The number of benzene rings is 2. The second-order valence-electron chi connectivity index (χ2n) is 5.17. The molecule has 0 aliphatic carbocycles. The molecule has 114 valence electrons. The van der Waals surface area contributed by atoms with Crippen LogP contribution in [0.1, 0.15) is 18.1 Å². The van der Waals surface area contributed by atoms with Crippen molar-refractivity contribution in [2.75, 3.05) is 19.0 Å². The summed E-state index contributed by atoms with van der Waals surface area (Å²) in [6.07, 6.45) is 1.96. The zero-order chi connectivity index (χ0) is 15.4. The van der Waals surface area contributed by atoms with Gasteiger partial charge < -0.3 is 10.1 Å². The van der Waals surface area contributed by atoms with Crippen LogP contribution >= 0.6 is 11.3 Å². The number of nitrogens with one attached hydrogen (secondary N) is 1. The maximum Gasteiger partial charge on any atom is 0.183 e. The molecule has 22 heavy (non-hydrogen) atoms. The molecular formula is C18H20N2OS. The van der Waals surface area contributed by atoms with E-state index in [0.717, 1.165) is 35.8 Å². The molecule has 0 atom stereocenters. The van der Waals surface area contributed by atoms with Crippen LogP contribution in [0.15, 0.2) is 42.5 Å². The molecule has 0 radical (unpaired) electrons. The van der Waals surface area contributed by atoms with Crippen LogP contribution in [0.3, 0.4) is 0 Å². The van der Waals surface area contributed by atoms with E-state index in [9.17, 15) is 0 Å². The number of hydrogen-bond acceptors (Lipinski definition) is 4. The Morgan fingerprint density at radius 3 is 2.73 bits per heavy atom. The van der Waals surface area contributed by atoms with Gasteiger partial charge in [-0.05, 0) is 36.1 Å². The fourth-order valence-electron chi connectivity index (χ4n) is 2.49. The SMILES string of the molecule is CCc1cc(OC)cc2sc(NCCc3ccccc3)nc12. The molecule has 0 spiro atoms. The number of ether oxygens (including phenoxy) is 1. The van der Waals surface area contributed by atoms with Crippen LogP contribution in [-0.2, 0) is 12.8 Å². The number of aromatic nitrogens is 1. The number of fused-ring (bicyclic) bond motifs is 1. The van der Waals surface area contributed by atoms with Crippen LogP contribution in [0.25, 0.3) is 10.2 Å². The molecule has 1 heterocycles. The van der Waals surface area contributed by atoms with Crippen molar-refractivity contribution >= 4 is 26.7 Å². The highest BCUT2D eigenvalue weighted by Crippen LogP contribution is 2.32. The third-order valence-corrected chi connectivity index (χ3v) is 4.66. The average molecular weight is 312 g/mol. The fourth-order valence-corrected chi connectivity index (χ4v) is 3.46. The summed E-state index contributed by atoms with van der Waals surface area (Å²) in [6.45, 7) is 3.04. The number of anilines is 1. The van der Waals surface area contributed by atoms with E-state index in [2.05, 4.69) is 48.6 Å². The smallest absolute Gasteiger partial charge is 0.183 e. The Balaban J connectivity index is 1.74. The maximum atomic E-state index is 5.37. The van der Waals surface area contributed by atoms with Gasteiger partial charge in [-0.25, -0.2) is 4.98 Å². The first-order valence-corrected chi connectivity index (χ1v) is 8.37. The van der Waals surface area contributed by atoms with Crippen molar-refractivity contribution in [2.45, 2.75) is 19.8 Å². The highest BCUT2D eigenvalue weighted by molar-refractivity contribution is 7.22. The third-order valence-electron chi connectivity index (χ3n) is 3.70. The van der Waals surface area contributed by atoms with Crippen molar-refractivity contribution in [3.8, 4) is 5.75 Å². The minimum absolute atomic E-state index is 0.891. The Kier molecular flexibility index (Phi) is 4.59. The van der Waals surface area contributed by atoms with Gasteiger partial charge in [-0.15, -0.1) is 0 Å². The second-order valence-corrected chi connectivity index (χ2v) is 6.20. The van der Waals surface area contributed by atoms with Gasteiger partial charge in [0.2, 0.25) is 0 Å². The molecule has 0 bridgehead atoms. The Bertz CT molecular complexity index is 752. The van der Waals surface area contributed by atoms with Crippen LogP contribution in [-0.4, -0.2) is 18.6 Å². The molecule has 0 amide bonds. The monoisotopic (exact) mass is 312 g/mol. The summed E-state index contributed by atoms with van der Waals surface area (Å²) in [7, 11) is 1.71. The number of nitrogens with zero attached hydrogens (tertiary/aromatic N) is 1. The molecule has 3 rings (SSSR count). The highest BCUT2D eigenvalue weighted by Gasteiger charge is 2.09. The van der Waals surface area contributed by atoms with Crippen LogP contribution in [0.4, 0.5) is 5.13 Å². The second kappa shape index (κ2) is 6.79. The first-order chi connectivity index (χ1) is 10.8. The van der Waals surface area contributed by atoms with Crippen LogP contribution in [0.5, 0.6) is 5.75 Å². The molecule has 0 aliphatic rings. The Morgan fingerprint density at radius 2 is 2.00 bits per heavy atom. The first-order valence-electron chi connectivity index (χ1n) is 7.55. The molecule has 2 aromatic carbocycles. The van der Waals surface area contributed by atoms with Crippen molar-refractivity contribution in [1.82, 2.24) is 4.98 Å². The Hall–Kier alpha value is -2.07. The quantitative estimate of drug-likeness (QED) is 0.726. The Labute approximate surface area is 135 Å². The lowest BCUT2D eigenvalue weighted by Crippen LogP contribution is -2.04. The lowest BCUT2D eigenvalue weighted by molar-refractivity contribution is 0.415. The summed E-state index contributed by atoms with van der Waals surface area (Å²) in [5.41, 5.74) is 3.67. The van der Waals surface area contributed by atoms with E-state index in [-0.39, 0.29) is 0 Å². The summed E-state index contributed by atoms with van der Waals surface area (Å²) >= 11 is 1.69. The molecule has 3 aromatic rings. The van der Waals surface area contributed by atoms with Gasteiger partial charge in [-0.3, -0.25) is 0 Å². The van der Waals surface area contributed by atoms with E-state index in [1.54, 1.807) is 18.4 Å². The normalized spacial score (nSPS) is 10.8. The standard InChI is InChI=1S/C18H20N2OS/c1-3-14-11-15(21-2)12-16-17(14)20-18(22-16)19-10-9-13-7-5-4-6-8-13/h4-8,11-12H,3,9-10H2,1-2H3,(H,19,20). The summed E-state index contributed by atoms with van der Waals surface area (Å²) in [6, 6.07) is 14.6. The molecule has 0 aliphatic heterocycles. The number of thiazole rings is 1. The largest absolute Gasteiger partial charge is 0.497 e. The van der Waals surface area contributed by atoms with Gasteiger partial charge in [-0.2, -0.15) is 0 Å². The first kappa shape index (κ1) is 14.9. The van der Waals surface area contributed by atoms with Crippen molar-refractivity contribution < 1.29 is 4.74 Å². The predicted octanol–water partition coefficient (Wildman–Crippen LogP) is 4.52. The summed E-state index contributed by atoms with van der Waals surface area (Å²) in [5, 5.41) is 4.42. The van der Waals surface area contributed by atoms with Gasteiger partial charge in [0.15, 0.2) is 5.13 Å². The molecule has 0 saturated heterocycles. The van der Waals surface area contributed by atoms with Crippen molar-refractivity contribution in [1.29, 1.82) is 0 Å². The zero-order valence-corrected chi connectivity index (χ0v) is 13.7. The van der Waals surface area contributed by atoms with E-state index in [0.29, 0.717) is 0 Å². The van der Waals surface area contributed by atoms with Crippen LogP contribution in [0.2, 0.25) is 0 Å². The van der Waals surface area contributed by atoms with Gasteiger partial charge in [0.05, 0.1) is 17.3 Å². The topological polar surface area (TPSA) is 34.1 Å². The zero-order valence-electron chi connectivity index (χ0n) is 12.9. The summed E-state index contributed by atoms with van der Waals surface area (Å²) < 4.78 is 6.55. The number of methoxy groups -OCH3 is 1. The molecule has 3 nitrogen and oxygen atoms in total. The lowest BCUT2D eigenvalue weighted by atomic mass is 10.1. The predicted molar refractivity (Wildman–Crippen MR) is 94.2 cm³/mol. The number of aryl methyl sites for hydroxylation is 1. The van der Waals surface area contributed by atoms with E-state index < -0.39 is 0 Å².